The third-order valence-electron chi connectivity index (χ3n) is 2.14. The molecule has 9 heteroatoms. The van der Waals surface area contributed by atoms with Gasteiger partial charge in [0.05, 0.1) is 16.1 Å². The number of carbonyl (C=O) groups is 2. The second-order valence-electron chi connectivity index (χ2n) is 3.38. The molecule has 9 nitrogen and oxygen atoms in total. The molecule has 0 heterocycles. The summed E-state index contributed by atoms with van der Waals surface area (Å²) in [6.45, 7) is 0. The number of benzene rings is 1. The van der Waals surface area contributed by atoms with Crippen LogP contribution in [0.25, 0.3) is 0 Å². The highest BCUT2D eigenvalue weighted by Gasteiger charge is 2.21. The molecule has 0 saturated heterocycles. The van der Waals surface area contributed by atoms with Gasteiger partial charge in [0, 0.05) is 19.2 Å². The molecule has 1 rings (SSSR count). The van der Waals surface area contributed by atoms with Gasteiger partial charge < -0.3 is 0 Å². The van der Waals surface area contributed by atoms with E-state index in [0.29, 0.717) is 0 Å². The van der Waals surface area contributed by atoms with Gasteiger partial charge in [-0.2, -0.15) is 0 Å². The van der Waals surface area contributed by atoms with Crippen molar-refractivity contribution in [2.24, 2.45) is 11.7 Å². The van der Waals surface area contributed by atoms with Gasteiger partial charge in [-0.3, -0.25) is 30.1 Å². The molecule has 0 aliphatic heterocycles. The third-order valence-corrected chi connectivity index (χ3v) is 2.14. The number of hydrogen-bond donors (Lipinski definition) is 3. The summed E-state index contributed by atoms with van der Waals surface area (Å²) in [6, 6.07) is 3.21. The molecule has 0 atom stereocenters. The van der Waals surface area contributed by atoms with Crippen LogP contribution >= 0.6 is 0 Å². The molecule has 0 aliphatic carbocycles. The maximum Gasteiger partial charge on any atom is 0.270 e. The van der Waals surface area contributed by atoms with Crippen LogP contribution in [0.15, 0.2) is 18.2 Å². The standard InChI is InChI=1S/C9H11N5O4/c1-13(11)9(16)6-3-2-5(14(17)18)4-7(6)8(15)12-10/h2-4H,10-11H2,1H3,(H,12,15). The maximum atomic E-state index is 11.7. The van der Waals surface area contributed by atoms with Gasteiger partial charge in [-0.05, 0) is 6.07 Å². The number of nitro benzene ring substituents is 1. The minimum Gasteiger partial charge on any atom is -0.290 e. The SMILES string of the molecule is CN(N)C(=O)c1ccc([N+](=O)[O-])cc1C(=O)NN. The first kappa shape index (κ1) is 13.5. The number of amides is 2. The summed E-state index contributed by atoms with van der Waals surface area (Å²) in [5.74, 6) is 8.73. The van der Waals surface area contributed by atoms with Crippen molar-refractivity contribution < 1.29 is 14.5 Å². The van der Waals surface area contributed by atoms with Crippen molar-refractivity contribution in [3.8, 4) is 0 Å². The summed E-state index contributed by atoms with van der Waals surface area (Å²) in [5.41, 5.74) is 1.19. The summed E-state index contributed by atoms with van der Waals surface area (Å²) < 4.78 is 0. The molecule has 0 bridgehead atoms. The van der Waals surface area contributed by atoms with Crippen LogP contribution in [0.1, 0.15) is 20.7 Å². The molecule has 0 radical (unpaired) electrons. The van der Waals surface area contributed by atoms with Gasteiger partial charge in [0.25, 0.3) is 17.5 Å². The zero-order valence-corrected chi connectivity index (χ0v) is 9.41. The fraction of sp³-hybridized carbons (Fsp3) is 0.111. The molecule has 0 aliphatic rings. The zero-order chi connectivity index (χ0) is 13.9. The van der Waals surface area contributed by atoms with Crippen molar-refractivity contribution in [1.29, 1.82) is 0 Å². The van der Waals surface area contributed by atoms with Gasteiger partial charge in [0.15, 0.2) is 0 Å². The monoisotopic (exact) mass is 253 g/mol. The van der Waals surface area contributed by atoms with E-state index in [0.717, 1.165) is 23.2 Å². The molecule has 5 N–H and O–H groups in total. The molecule has 1 aromatic carbocycles. The van der Waals surface area contributed by atoms with E-state index in [9.17, 15) is 19.7 Å². The Labute approximate surface area is 101 Å². The lowest BCUT2D eigenvalue weighted by molar-refractivity contribution is -0.384. The Hall–Kier alpha value is -2.52. The van der Waals surface area contributed by atoms with Crippen LogP contribution in [0.2, 0.25) is 0 Å². The lowest BCUT2D eigenvalue weighted by atomic mass is 10.1. The average Bonchev–Trinajstić information content (AvgIpc) is 2.35. The van der Waals surface area contributed by atoms with Crippen LogP contribution in [-0.2, 0) is 0 Å². The van der Waals surface area contributed by atoms with E-state index in [4.69, 9.17) is 11.7 Å². The molecule has 18 heavy (non-hydrogen) atoms. The summed E-state index contributed by atoms with van der Waals surface area (Å²) >= 11 is 0. The van der Waals surface area contributed by atoms with Crippen LogP contribution in [0.3, 0.4) is 0 Å². The van der Waals surface area contributed by atoms with Crippen molar-refractivity contribution in [3.05, 3.63) is 39.4 Å². The molecular formula is C9H11N5O4. The van der Waals surface area contributed by atoms with E-state index in [1.807, 2.05) is 5.43 Å². The predicted molar refractivity (Wildman–Crippen MR) is 61.0 cm³/mol. The van der Waals surface area contributed by atoms with Crippen LogP contribution in [0.5, 0.6) is 0 Å². The topological polar surface area (TPSA) is 145 Å². The maximum absolute atomic E-state index is 11.7. The summed E-state index contributed by atoms with van der Waals surface area (Å²) in [6.07, 6.45) is 0. The van der Waals surface area contributed by atoms with Gasteiger partial charge in [-0.15, -0.1) is 0 Å². The number of nitrogens with zero attached hydrogens (tertiary/aromatic N) is 2. The van der Waals surface area contributed by atoms with Crippen molar-refractivity contribution in [2.75, 3.05) is 7.05 Å². The lowest BCUT2D eigenvalue weighted by Gasteiger charge is -2.12. The van der Waals surface area contributed by atoms with E-state index >= 15 is 0 Å². The number of non-ortho nitro benzene ring substituents is 1. The molecule has 0 aromatic heterocycles. The van der Waals surface area contributed by atoms with Gasteiger partial charge in [-0.1, -0.05) is 0 Å². The van der Waals surface area contributed by atoms with Gasteiger partial charge in [0.2, 0.25) is 0 Å². The largest absolute Gasteiger partial charge is 0.290 e. The second kappa shape index (κ2) is 5.21. The Balaban J connectivity index is 3.38. The third kappa shape index (κ3) is 2.59. The number of nitrogens with one attached hydrogen (secondary N) is 1. The van der Waals surface area contributed by atoms with Crippen molar-refractivity contribution in [1.82, 2.24) is 10.4 Å². The van der Waals surface area contributed by atoms with E-state index < -0.39 is 16.7 Å². The van der Waals surface area contributed by atoms with Crippen LogP contribution in [0.4, 0.5) is 5.69 Å². The predicted octanol–water partition coefficient (Wildman–Crippen LogP) is -0.856. The second-order valence-corrected chi connectivity index (χ2v) is 3.38. The number of hydrogen-bond acceptors (Lipinski definition) is 6. The van der Waals surface area contributed by atoms with E-state index in [1.54, 1.807) is 0 Å². The van der Waals surface area contributed by atoms with Crippen molar-refractivity contribution >= 4 is 17.5 Å². The Kier molecular flexibility index (Phi) is 3.92. The number of nitrogen functional groups attached to an aromatic ring is 1. The van der Waals surface area contributed by atoms with Crippen LogP contribution in [-0.4, -0.2) is 28.8 Å². The molecule has 0 fully saturated rings. The fourth-order valence-electron chi connectivity index (χ4n) is 1.29. The van der Waals surface area contributed by atoms with Crippen molar-refractivity contribution in [3.63, 3.8) is 0 Å². The Morgan fingerprint density at radius 2 is 2.00 bits per heavy atom. The molecular weight excluding hydrogens is 242 g/mol. The molecule has 0 unspecified atom stereocenters. The Morgan fingerprint density at radius 1 is 1.39 bits per heavy atom. The first-order valence-electron chi connectivity index (χ1n) is 4.70. The first-order chi connectivity index (χ1) is 8.38. The minimum atomic E-state index is -0.816. The van der Waals surface area contributed by atoms with Gasteiger partial charge in [-0.25, -0.2) is 11.7 Å². The molecule has 1 aromatic rings. The number of rotatable bonds is 3. The van der Waals surface area contributed by atoms with Crippen LogP contribution < -0.4 is 17.1 Å². The quantitative estimate of drug-likeness (QED) is 0.277. The molecule has 2 amide bonds. The van der Waals surface area contributed by atoms with Gasteiger partial charge >= 0.3 is 0 Å². The number of hydrazine groups is 2. The molecule has 96 valence electrons. The van der Waals surface area contributed by atoms with E-state index in [2.05, 4.69) is 0 Å². The van der Waals surface area contributed by atoms with Crippen molar-refractivity contribution in [2.45, 2.75) is 0 Å². The normalized spacial score (nSPS) is 9.72. The summed E-state index contributed by atoms with van der Waals surface area (Å²) in [7, 11) is 1.29. The number of nitrogens with two attached hydrogens (primary N) is 2. The molecule has 0 saturated carbocycles. The Bertz CT molecular complexity index is 514. The molecule has 0 spiro atoms. The van der Waals surface area contributed by atoms with E-state index in [1.165, 1.54) is 7.05 Å². The summed E-state index contributed by atoms with van der Waals surface area (Å²) in [5, 5.41) is 11.4. The zero-order valence-electron chi connectivity index (χ0n) is 9.41. The van der Waals surface area contributed by atoms with E-state index in [-0.39, 0.29) is 16.8 Å². The number of carbonyl (C=O) groups excluding carboxylic acids is 2. The highest BCUT2D eigenvalue weighted by atomic mass is 16.6. The smallest absolute Gasteiger partial charge is 0.270 e. The van der Waals surface area contributed by atoms with Crippen LogP contribution in [0, 0.1) is 10.1 Å². The average molecular weight is 253 g/mol. The Morgan fingerprint density at radius 3 is 2.44 bits per heavy atom. The lowest BCUT2D eigenvalue weighted by Crippen LogP contribution is -2.36. The highest BCUT2D eigenvalue weighted by molar-refractivity contribution is 6.07. The highest BCUT2D eigenvalue weighted by Crippen LogP contribution is 2.18. The summed E-state index contributed by atoms with van der Waals surface area (Å²) in [4.78, 5) is 33.1. The van der Waals surface area contributed by atoms with Gasteiger partial charge in [0.1, 0.15) is 0 Å². The fourth-order valence-corrected chi connectivity index (χ4v) is 1.29. The minimum absolute atomic E-state index is 0.0754. The first-order valence-corrected chi connectivity index (χ1v) is 4.70. The number of nitro groups is 1.